The Morgan fingerprint density at radius 1 is 1.04 bits per heavy atom. The van der Waals surface area contributed by atoms with E-state index in [0.717, 1.165) is 23.5 Å². The van der Waals surface area contributed by atoms with Gasteiger partial charge in [-0.2, -0.15) is 0 Å². The van der Waals surface area contributed by atoms with Gasteiger partial charge in [-0.25, -0.2) is 0 Å². The van der Waals surface area contributed by atoms with Crippen LogP contribution in [0.25, 0.3) is 0 Å². The quantitative estimate of drug-likeness (QED) is 0.704. The van der Waals surface area contributed by atoms with E-state index >= 15 is 0 Å². The highest BCUT2D eigenvalue weighted by Gasteiger charge is 2.30. The van der Waals surface area contributed by atoms with Gasteiger partial charge in [0.05, 0.1) is 12.7 Å². The largest absolute Gasteiger partial charge is 0.491 e. The molecule has 1 aliphatic carbocycles. The van der Waals surface area contributed by atoms with Gasteiger partial charge in [-0.1, -0.05) is 45.4 Å². The second-order valence-electron chi connectivity index (χ2n) is 6.75. The van der Waals surface area contributed by atoms with Crippen LogP contribution in [0.3, 0.4) is 0 Å². The lowest BCUT2D eigenvalue weighted by molar-refractivity contribution is -0.00982. The lowest BCUT2D eigenvalue weighted by Gasteiger charge is -2.36. The molecular weight excluding hydrogens is 288 g/mol. The number of ether oxygens (including phenoxy) is 3. The van der Waals surface area contributed by atoms with Gasteiger partial charge in [0.2, 0.25) is 0 Å². The van der Waals surface area contributed by atoms with Crippen molar-refractivity contribution in [3.8, 4) is 5.75 Å². The third-order valence-electron chi connectivity index (χ3n) is 4.56. The van der Waals surface area contributed by atoms with E-state index in [0.29, 0.717) is 19.3 Å². The average Bonchev–Trinajstić information content (AvgIpc) is 2.56. The Morgan fingerprint density at radius 3 is 2.30 bits per heavy atom. The minimum atomic E-state index is 0.522. The number of rotatable bonds is 6. The van der Waals surface area contributed by atoms with Crippen molar-refractivity contribution in [2.75, 3.05) is 27.4 Å². The summed E-state index contributed by atoms with van der Waals surface area (Å²) in [6.45, 7) is 8.21. The fourth-order valence-electron chi connectivity index (χ4n) is 3.15. The molecule has 1 aromatic carbocycles. The summed E-state index contributed by atoms with van der Waals surface area (Å²) >= 11 is 0. The van der Waals surface area contributed by atoms with E-state index < -0.39 is 0 Å². The molecule has 1 saturated carbocycles. The van der Waals surface area contributed by atoms with Crippen molar-refractivity contribution in [2.24, 2.45) is 17.8 Å². The zero-order valence-corrected chi connectivity index (χ0v) is 15.5. The Morgan fingerprint density at radius 2 is 1.74 bits per heavy atom. The number of hydrogen-bond acceptors (Lipinski definition) is 3. The lowest BCUT2D eigenvalue weighted by Crippen LogP contribution is -2.33. The minimum absolute atomic E-state index is 0.522. The van der Waals surface area contributed by atoms with Gasteiger partial charge in [0.15, 0.2) is 0 Å². The van der Waals surface area contributed by atoms with Crippen LogP contribution in [0.1, 0.15) is 40.0 Å². The monoisotopic (exact) mass is 322 g/mol. The smallest absolute Gasteiger partial charge is 0.119 e. The topological polar surface area (TPSA) is 27.7 Å². The maximum Gasteiger partial charge on any atom is 0.119 e. The first kappa shape index (κ1) is 20.0. The standard InChI is InChI=1S/C11H22O.C9H12O2/c1-8(2)10-6-5-9(3)7-11(10)12-4;1-10-7-8-11-9-5-3-2-4-6-9/h8-11H,5-7H2,1-4H3;2-6H,7-8H2,1H3. The molecule has 3 atom stereocenters. The minimum Gasteiger partial charge on any atom is -0.491 e. The van der Waals surface area contributed by atoms with Crippen LogP contribution in [0.2, 0.25) is 0 Å². The molecule has 3 unspecified atom stereocenters. The maximum absolute atomic E-state index is 5.54. The second kappa shape index (κ2) is 11.5. The molecule has 23 heavy (non-hydrogen) atoms. The van der Waals surface area contributed by atoms with Crippen LogP contribution in [-0.4, -0.2) is 33.5 Å². The number of hydrogen-bond donors (Lipinski definition) is 0. The second-order valence-corrected chi connectivity index (χ2v) is 6.75. The first-order chi connectivity index (χ1) is 11.1. The summed E-state index contributed by atoms with van der Waals surface area (Å²) in [6, 6.07) is 9.71. The molecule has 3 heteroatoms. The van der Waals surface area contributed by atoms with E-state index in [1.54, 1.807) is 7.11 Å². The maximum atomic E-state index is 5.54. The predicted molar refractivity (Wildman–Crippen MR) is 96.0 cm³/mol. The Balaban J connectivity index is 0.000000231. The van der Waals surface area contributed by atoms with Gasteiger partial charge in [0.1, 0.15) is 12.4 Å². The Bertz CT molecular complexity index is 391. The summed E-state index contributed by atoms with van der Waals surface area (Å²) in [6.07, 6.45) is 4.54. The van der Waals surface area contributed by atoms with Crippen LogP contribution < -0.4 is 4.74 Å². The highest BCUT2D eigenvalue weighted by molar-refractivity contribution is 5.20. The van der Waals surface area contributed by atoms with Crippen LogP contribution in [0, 0.1) is 17.8 Å². The van der Waals surface area contributed by atoms with E-state index in [1.165, 1.54) is 19.3 Å². The average molecular weight is 322 g/mol. The molecule has 0 radical (unpaired) electrons. The van der Waals surface area contributed by atoms with Crippen LogP contribution >= 0.6 is 0 Å². The Kier molecular flexibility index (Phi) is 9.97. The zero-order chi connectivity index (χ0) is 17.1. The van der Waals surface area contributed by atoms with E-state index in [4.69, 9.17) is 14.2 Å². The molecule has 0 heterocycles. The van der Waals surface area contributed by atoms with Crippen molar-refractivity contribution >= 4 is 0 Å². The van der Waals surface area contributed by atoms with Crippen molar-refractivity contribution in [2.45, 2.75) is 46.1 Å². The van der Waals surface area contributed by atoms with Crippen molar-refractivity contribution in [1.29, 1.82) is 0 Å². The SMILES string of the molecule is COC1CC(C)CCC1C(C)C.COCCOc1ccccc1. The Labute approximate surface area is 142 Å². The summed E-state index contributed by atoms with van der Waals surface area (Å²) in [7, 11) is 3.52. The zero-order valence-electron chi connectivity index (χ0n) is 15.5. The first-order valence-corrected chi connectivity index (χ1v) is 8.78. The molecule has 0 bridgehead atoms. The summed E-state index contributed by atoms with van der Waals surface area (Å²) in [5.74, 6) is 3.34. The lowest BCUT2D eigenvalue weighted by atomic mass is 9.75. The fraction of sp³-hybridized carbons (Fsp3) is 0.700. The molecule has 0 amide bonds. The van der Waals surface area contributed by atoms with E-state index in [1.807, 2.05) is 37.4 Å². The van der Waals surface area contributed by atoms with E-state index in [2.05, 4.69) is 20.8 Å². The molecule has 1 aromatic rings. The molecule has 3 nitrogen and oxygen atoms in total. The molecule has 0 aromatic heterocycles. The van der Waals surface area contributed by atoms with Gasteiger partial charge in [-0.05, 0) is 42.7 Å². The summed E-state index contributed by atoms with van der Waals surface area (Å²) in [4.78, 5) is 0. The van der Waals surface area contributed by atoms with E-state index in [-0.39, 0.29) is 0 Å². The summed E-state index contributed by atoms with van der Waals surface area (Å²) < 4.78 is 15.7. The third-order valence-corrected chi connectivity index (χ3v) is 4.56. The van der Waals surface area contributed by atoms with Crippen molar-refractivity contribution in [3.63, 3.8) is 0 Å². The molecule has 0 aliphatic heterocycles. The molecule has 2 rings (SSSR count). The molecule has 1 fully saturated rings. The van der Waals surface area contributed by atoms with Gasteiger partial charge in [-0.15, -0.1) is 0 Å². The van der Waals surface area contributed by atoms with Gasteiger partial charge >= 0.3 is 0 Å². The third kappa shape index (κ3) is 7.85. The molecule has 0 saturated heterocycles. The molecule has 1 aliphatic rings. The molecule has 0 spiro atoms. The first-order valence-electron chi connectivity index (χ1n) is 8.78. The summed E-state index contributed by atoms with van der Waals surface area (Å²) in [5.41, 5.74) is 0. The molecular formula is C20H34O3. The highest BCUT2D eigenvalue weighted by Crippen LogP contribution is 2.34. The van der Waals surface area contributed by atoms with Gasteiger partial charge < -0.3 is 14.2 Å². The number of benzene rings is 1. The molecule has 132 valence electrons. The van der Waals surface area contributed by atoms with Crippen LogP contribution in [0.4, 0.5) is 0 Å². The van der Waals surface area contributed by atoms with Crippen molar-refractivity contribution in [1.82, 2.24) is 0 Å². The van der Waals surface area contributed by atoms with E-state index in [9.17, 15) is 0 Å². The predicted octanol–water partition coefficient (Wildman–Crippen LogP) is 4.81. The summed E-state index contributed by atoms with van der Waals surface area (Å²) in [5, 5.41) is 0. The fourth-order valence-corrected chi connectivity index (χ4v) is 3.15. The van der Waals surface area contributed by atoms with Gasteiger partial charge in [-0.3, -0.25) is 0 Å². The van der Waals surface area contributed by atoms with Crippen molar-refractivity contribution < 1.29 is 14.2 Å². The Hall–Kier alpha value is -1.06. The van der Waals surface area contributed by atoms with Gasteiger partial charge in [0, 0.05) is 14.2 Å². The van der Waals surface area contributed by atoms with Gasteiger partial charge in [0.25, 0.3) is 0 Å². The van der Waals surface area contributed by atoms with Crippen molar-refractivity contribution in [3.05, 3.63) is 30.3 Å². The number of para-hydroxylation sites is 1. The molecule has 0 N–H and O–H groups in total. The van der Waals surface area contributed by atoms with Crippen LogP contribution in [-0.2, 0) is 9.47 Å². The van der Waals surface area contributed by atoms with Crippen LogP contribution in [0.15, 0.2) is 30.3 Å². The highest BCUT2D eigenvalue weighted by atomic mass is 16.5. The number of methoxy groups -OCH3 is 2. The van der Waals surface area contributed by atoms with Crippen LogP contribution in [0.5, 0.6) is 5.75 Å². The normalized spacial score (nSPS) is 24.0.